The van der Waals surface area contributed by atoms with E-state index >= 15 is 0 Å². The smallest absolute Gasteiger partial charge is 0.0940 e. The molecule has 1 N–H and O–H groups in total. The molecule has 0 bridgehead atoms. The number of benzene rings is 1. The van der Waals surface area contributed by atoms with Crippen molar-refractivity contribution >= 4 is 10.9 Å². The zero-order chi connectivity index (χ0) is 14.7. The minimum Gasteiger partial charge on any atom is -0.374 e. The standard InChI is InChI=1S/C17H22N2O2/c1-17(2)12-18-9-14(21-17)11-20-10-13-7-8-19-16-6-4-3-5-15(13)16/h3-8,14,18H,9-12H2,1-2H3. The monoisotopic (exact) mass is 286 g/mol. The van der Waals surface area contributed by atoms with Gasteiger partial charge >= 0.3 is 0 Å². The summed E-state index contributed by atoms with van der Waals surface area (Å²) >= 11 is 0. The van der Waals surface area contributed by atoms with Gasteiger partial charge in [0, 0.05) is 24.7 Å². The van der Waals surface area contributed by atoms with Crippen molar-refractivity contribution in [3.8, 4) is 0 Å². The normalized spacial score (nSPS) is 21.5. The highest BCUT2D eigenvalue weighted by Gasteiger charge is 2.28. The average molecular weight is 286 g/mol. The Morgan fingerprint density at radius 1 is 1.33 bits per heavy atom. The lowest BCUT2D eigenvalue weighted by Gasteiger charge is -2.36. The Bertz CT molecular complexity index is 607. The molecule has 1 aliphatic heterocycles. The predicted octanol–water partition coefficient (Wildman–Crippen LogP) is 2.52. The first-order valence-corrected chi connectivity index (χ1v) is 7.43. The second-order valence-electron chi connectivity index (χ2n) is 6.13. The number of pyridine rings is 1. The van der Waals surface area contributed by atoms with Crippen molar-refractivity contribution < 1.29 is 9.47 Å². The molecule has 4 nitrogen and oxygen atoms in total. The summed E-state index contributed by atoms with van der Waals surface area (Å²) in [6.07, 6.45) is 1.95. The molecule has 21 heavy (non-hydrogen) atoms. The van der Waals surface area contributed by atoms with E-state index in [2.05, 4.69) is 30.2 Å². The lowest BCUT2D eigenvalue weighted by atomic mass is 10.1. The summed E-state index contributed by atoms with van der Waals surface area (Å²) in [6, 6.07) is 10.2. The van der Waals surface area contributed by atoms with Crippen molar-refractivity contribution in [1.82, 2.24) is 10.3 Å². The van der Waals surface area contributed by atoms with Crippen LogP contribution in [0.1, 0.15) is 19.4 Å². The van der Waals surface area contributed by atoms with E-state index in [0.29, 0.717) is 13.2 Å². The van der Waals surface area contributed by atoms with Crippen molar-refractivity contribution in [2.45, 2.75) is 32.2 Å². The summed E-state index contributed by atoms with van der Waals surface area (Å²) in [4.78, 5) is 4.37. The van der Waals surface area contributed by atoms with E-state index in [1.165, 1.54) is 5.56 Å². The number of fused-ring (bicyclic) bond motifs is 1. The van der Waals surface area contributed by atoms with Gasteiger partial charge in [-0.1, -0.05) is 18.2 Å². The van der Waals surface area contributed by atoms with Crippen LogP contribution in [0, 0.1) is 0 Å². The van der Waals surface area contributed by atoms with Crippen LogP contribution in [0.25, 0.3) is 10.9 Å². The van der Waals surface area contributed by atoms with Crippen LogP contribution in [-0.4, -0.2) is 36.4 Å². The van der Waals surface area contributed by atoms with E-state index in [0.717, 1.165) is 24.0 Å². The molecule has 112 valence electrons. The van der Waals surface area contributed by atoms with Gasteiger partial charge in [0.05, 0.1) is 30.4 Å². The molecule has 0 radical (unpaired) electrons. The summed E-state index contributed by atoms with van der Waals surface area (Å²) in [6.45, 7) is 7.13. The Balaban J connectivity index is 1.60. The van der Waals surface area contributed by atoms with Gasteiger partial charge in [0.25, 0.3) is 0 Å². The van der Waals surface area contributed by atoms with Gasteiger partial charge in [0.2, 0.25) is 0 Å². The molecule has 4 heteroatoms. The maximum atomic E-state index is 6.00. The molecule has 0 aliphatic carbocycles. The van der Waals surface area contributed by atoms with Gasteiger partial charge in [-0.15, -0.1) is 0 Å². The number of para-hydroxylation sites is 1. The third-order valence-corrected chi connectivity index (χ3v) is 3.71. The molecule has 2 aromatic rings. The van der Waals surface area contributed by atoms with Gasteiger partial charge in [-0.25, -0.2) is 0 Å². The van der Waals surface area contributed by atoms with Crippen molar-refractivity contribution in [3.63, 3.8) is 0 Å². The molecule has 1 saturated heterocycles. The quantitative estimate of drug-likeness (QED) is 0.938. The molecule has 1 aliphatic rings. The molecule has 2 heterocycles. The van der Waals surface area contributed by atoms with Crippen LogP contribution in [-0.2, 0) is 16.1 Å². The maximum absolute atomic E-state index is 6.00. The summed E-state index contributed by atoms with van der Waals surface area (Å²) in [5, 5.41) is 4.54. The van der Waals surface area contributed by atoms with E-state index in [-0.39, 0.29) is 11.7 Å². The molecule has 0 spiro atoms. The van der Waals surface area contributed by atoms with E-state index < -0.39 is 0 Å². The SMILES string of the molecule is CC1(C)CNCC(COCc2ccnc3ccccc23)O1. The average Bonchev–Trinajstić information content (AvgIpc) is 2.46. The third kappa shape index (κ3) is 3.59. The van der Waals surface area contributed by atoms with Crippen LogP contribution in [0.15, 0.2) is 36.5 Å². The summed E-state index contributed by atoms with van der Waals surface area (Å²) in [7, 11) is 0. The van der Waals surface area contributed by atoms with Gasteiger partial charge in [-0.2, -0.15) is 0 Å². The highest BCUT2D eigenvalue weighted by atomic mass is 16.5. The van der Waals surface area contributed by atoms with Gasteiger partial charge in [-0.3, -0.25) is 4.98 Å². The van der Waals surface area contributed by atoms with Crippen LogP contribution in [0.2, 0.25) is 0 Å². The summed E-state index contributed by atoms with van der Waals surface area (Å²) < 4.78 is 11.9. The fraction of sp³-hybridized carbons (Fsp3) is 0.471. The van der Waals surface area contributed by atoms with Crippen LogP contribution < -0.4 is 5.32 Å². The van der Waals surface area contributed by atoms with E-state index in [1.807, 2.05) is 30.5 Å². The topological polar surface area (TPSA) is 43.4 Å². The Morgan fingerprint density at radius 3 is 3.05 bits per heavy atom. The maximum Gasteiger partial charge on any atom is 0.0940 e. The van der Waals surface area contributed by atoms with E-state index in [4.69, 9.17) is 9.47 Å². The van der Waals surface area contributed by atoms with Crippen LogP contribution in [0.4, 0.5) is 0 Å². The molecule has 1 fully saturated rings. The molecular formula is C17H22N2O2. The van der Waals surface area contributed by atoms with E-state index in [1.54, 1.807) is 0 Å². The fourth-order valence-electron chi connectivity index (χ4n) is 2.74. The van der Waals surface area contributed by atoms with Crippen molar-refractivity contribution in [1.29, 1.82) is 0 Å². The number of nitrogens with one attached hydrogen (secondary N) is 1. The minimum absolute atomic E-state index is 0.113. The van der Waals surface area contributed by atoms with Crippen LogP contribution >= 0.6 is 0 Å². The number of hydrogen-bond acceptors (Lipinski definition) is 4. The lowest BCUT2D eigenvalue weighted by Crippen LogP contribution is -2.51. The molecule has 1 unspecified atom stereocenters. The number of ether oxygens (including phenoxy) is 2. The Hall–Kier alpha value is -1.49. The molecule has 1 aromatic carbocycles. The van der Waals surface area contributed by atoms with E-state index in [9.17, 15) is 0 Å². The summed E-state index contributed by atoms with van der Waals surface area (Å²) in [5.41, 5.74) is 2.06. The highest BCUT2D eigenvalue weighted by molar-refractivity contribution is 5.81. The first-order chi connectivity index (χ1) is 10.1. The number of hydrogen-bond donors (Lipinski definition) is 1. The largest absolute Gasteiger partial charge is 0.374 e. The van der Waals surface area contributed by atoms with Crippen LogP contribution in [0.5, 0.6) is 0 Å². The van der Waals surface area contributed by atoms with Gasteiger partial charge in [0.1, 0.15) is 0 Å². The van der Waals surface area contributed by atoms with Gasteiger partial charge in [-0.05, 0) is 31.5 Å². The van der Waals surface area contributed by atoms with Gasteiger partial charge in [0.15, 0.2) is 0 Å². The fourth-order valence-corrected chi connectivity index (χ4v) is 2.74. The molecule has 0 amide bonds. The number of nitrogens with zero attached hydrogens (tertiary/aromatic N) is 1. The second kappa shape index (κ2) is 6.10. The first kappa shape index (κ1) is 14.4. The third-order valence-electron chi connectivity index (χ3n) is 3.71. The van der Waals surface area contributed by atoms with Gasteiger partial charge < -0.3 is 14.8 Å². The number of morpholine rings is 1. The molecule has 3 rings (SSSR count). The highest BCUT2D eigenvalue weighted by Crippen LogP contribution is 2.18. The van der Waals surface area contributed by atoms with Crippen molar-refractivity contribution in [3.05, 3.63) is 42.1 Å². The zero-order valence-corrected chi connectivity index (χ0v) is 12.6. The number of rotatable bonds is 4. The minimum atomic E-state index is -0.115. The predicted molar refractivity (Wildman–Crippen MR) is 83.2 cm³/mol. The zero-order valence-electron chi connectivity index (χ0n) is 12.6. The number of aromatic nitrogens is 1. The first-order valence-electron chi connectivity index (χ1n) is 7.43. The molecule has 0 saturated carbocycles. The molecule has 1 aromatic heterocycles. The Morgan fingerprint density at radius 2 is 2.19 bits per heavy atom. The van der Waals surface area contributed by atoms with Crippen molar-refractivity contribution in [2.75, 3.05) is 19.7 Å². The second-order valence-corrected chi connectivity index (χ2v) is 6.13. The molecule has 1 atom stereocenters. The Kier molecular flexibility index (Phi) is 4.19. The molecular weight excluding hydrogens is 264 g/mol. The Labute approximate surface area is 125 Å². The lowest BCUT2D eigenvalue weighted by molar-refractivity contribution is -0.122. The van der Waals surface area contributed by atoms with Crippen LogP contribution in [0.3, 0.4) is 0 Å². The summed E-state index contributed by atoms with van der Waals surface area (Å²) in [5.74, 6) is 0. The van der Waals surface area contributed by atoms with Crippen molar-refractivity contribution in [2.24, 2.45) is 0 Å².